The number of rotatable bonds is 7. The van der Waals surface area contributed by atoms with Crippen LogP contribution in [0.4, 0.5) is 0 Å². The van der Waals surface area contributed by atoms with Crippen molar-refractivity contribution in [2.24, 2.45) is 11.8 Å². The lowest BCUT2D eigenvalue weighted by molar-refractivity contribution is 0.00219. The Morgan fingerprint density at radius 2 is 2.27 bits per heavy atom. The first-order valence-electron chi connectivity index (χ1n) is 9.41. The maximum Gasteiger partial charge on any atom is 0.278 e. The van der Waals surface area contributed by atoms with E-state index in [0.717, 1.165) is 39.0 Å². The van der Waals surface area contributed by atoms with Gasteiger partial charge in [-0.1, -0.05) is 0 Å². The molecule has 3 aliphatic rings. The predicted octanol–water partition coefficient (Wildman–Crippen LogP) is 0.278. The molecule has 0 aliphatic carbocycles. The number of nitrogens with one attached hydrogen (secondary N) is 1. The molecule has 1 N–H and O–H groups in total. The van der Waals surface area contributed by atoms with Gasteiger partial charge in [-0.15, -0.1) is 0 Å². The average molecular weight is 384 g/mol. The third-order valence-electron chi connectivity index (χ3n) is 6.25. The van der Waals surface area contributed by atoms with Crippen molar-refractivity contribution in [3.05, 3.63) is 18.0 Å². The van der Waals surface area contributed by atoms with Crippen LogP contribution in [0.3, 0.4) is 0 Å². The van der Waals surface area contributed by atoms with Gasteiger partial charge >= 0.3 is 0 Å². The molecular weight excluding hydrogens is 354 g/mol. The van der Waals surface area contributed by atoms with E-state index >= 15 is 0 Å². The average Bonchev–Trinajstić information content (AvgIpc) is 3.32. The number of aryl methyl sites for hydroxylation is 1. The number of fused-ring (bicyclic) bond motifs is 1. The fraction of sp³-hybridized carbons (Fsp3) is 0.824. The van der Waals surface area contributed by atoms with Crippen LogP contribution in [0.2, 0.25) is 0 Å². The Balaban J connectivity index is 1.43. The van der Waals surface area contributed by atoms with Crippen LogP contribution in [0, 0.1) is 11.8 Å². The second-order valence-corrected chi connectivity index (χ2v) is 10.0. The molecule has 1 aromatic heterocycles. The smallest absolute Gasteiger partial charge is 0.278 e. The Hall–Kier alpha value is -1.00. The van der Waals surface area contributed by atoms with Gasteiger partial charge in [0.25, 0.3) is 10.2 Å². The topological polar surface area (TPSA) is 79.7 Å². The molecule has 146 valence electrons. The van der Waals surface area contributed by atoms with E-state index in [1.165, 1.54) is 9.87 Å². The number of hydrogen-bond donors (Lipinski definition) is 1. The summed E-state index contributed by atoms with van der Waals surface area (Å²) in [6, 6.07) is 0. The second-order valence-electron chi connectivity index (χ2n) is 8.04. The highest BCUT2D eigenvalue weighted by Crippen LogP contribution is 2.54. The van der Waals surface area contributed by atoms with Crippen molar-refractivity contribution in [1.29, 1.82) is 0 Å². The van der Waals surface area contributed by atoms with Gasteiger partial charge in [0.05, 0.1) is 17.9 Å². The van der Waals surface area contributed by atoms with Crippen LogP contribution in [0.15, 0.2) is 12.4 Å². The lowest BCUT2D eigenvalue weighted by Crippen LogP contribution is -2.44. The van der Waals surface area contributed by atoms with Crippen molar-refractivity contribution in [3.63, 3.8) is 0 Å². The third kappa shape index (κ3) is 3.09. The van der Waals surface area contributed by atoms with Crippen molar-refractivity contribution in [2.75, 3.05) is 33.7 Å². The summed E-state index contributed by atoms with van der Waals surface area (Å²) in [5.41, 5.74) is 1.14. The Morgan fingerprint density at radius 1 is 1.46 bits per heavy atom. The fourth-order valence-electron chi connectivity index (χ4n) is 4.93. The van der Waals surface area contributed by atoms with E-state index in [2.05, 4.69) is 27.8 Å². The molecule has 0 saturated carbocycles. The summed E-state index contributed by atoms with van der Waals surface area (Å²) in [6.07, 6.45) is 6.36. The molecule has 0 radical (unpaired) electrons. The predicted molar refractivity (Wildman–Crippen MR) is 97.6 cm³/mol. The summed E-state index contributed by atoms with van der Waals surface area (Å²) >= 11 is 0. The van der Waals surface area contributed by atoms with Crippen molar-refractivity contribution in [3.8, 4) is 0 Å². The summed E-state index contributed by atoms with van der Waals surface area (Å²) in [6.45, 7) is 6.19. The normalized spacial score (nSPS) is 34.1. The molecule has 3 fully saturated rings. The van der Waals surface area contributed by atoms with E-state index in [1.807, 2.05) is 10.9 Å². The minimum atomic E-state index is -3.39. The van der Waals surface area contributed by atoms with E-state index in [-0.39, 0.29) is 17.6 Å². The first-order chi connectivity index (χ1) is 12.3. The zero-order valence-electron chi connectivity index (χ0n) is 15.8. The Labute approximate surface area is 155 Å². The molecule has 3 aliphatic heterocycles. The molecule has 8 nitrogen and oxygen atoms in total. The zero-order valence-corrected chi connectivity index (χ0v) is 16.6. The molecule has 3 saturated heterocycles. The Bertz CT molecular complexity index is 764. The summed E-state index contributed by atoms with van der Waals surface area (Å²) in [4.78, 5) is 2.44. The molecule has 9 heteroatoms. The van der Waals surface area contributed by atoms with Crippen LogP contribution in [-0.2, 0) is 28.0 Å². The number of likely N-dealkylation sites (tertiary alicyclic amines) is 1. The van der Waals surface area contributed by atoms with Crippen molar-refractivity contribution < 1.29 is 13.2 Å². The third-order valence-corrected chi connectivity index (χ3v) is 7.75. The van der Waals surface area contributed by atoms with E-state index in [0.29, 0.717) is 12.5 Å². The maximum atomic E-state index is 12.1. The van der Waals surface area contributed by atoms with Crippen LogP contribution in [0.1, 0.15) is 25.3 Å². The molecule has 0 amide bonds. The van der Waals surface area contributed by atoms with E-state index < -0.39 is 10.2 Å². The highest BCUT2D eigenvalue weighted by Gasteiger charge is 2.62. The SMILES string of the molecule is CCn1cc(CN2C[C@@H]3[C@H](CNS(=O)(=O)N(C)C)[C@H]4CC[C@]3(C2)O4)cn1. The zero-order chi connectivity index (χ0) is 18.5. The van der Waals surface area contributed by atoms with Gasteiger partial charge in [0.2, 0.25) is 0 Å². The van der Waals surface area contributed by atoms with Crippen molar-refractivity contribution >= 4 is 10.2 Å². The number of aromatic nitrogens is 2. The van der Waals surface area contributed by atoms with E-state index in [4.69, 9.17) is 4.74 Å². The molecule has 0 aromatic carbocycles. The van der Waals surface area contributed by atoms with Crippen LogP contribution in [0.5, 0.6) is 0 Å². The molecule has 4 atom stereocenters. The molecule has 2 bridgehead atoms. The monoisotopic (exact) mass is 383 g/mol. The maximum absolute atomic E-state index is 12.1. The standard InChI is InChI=1S/C17H29N5O3S/c1-4-22-10-13(7-18-22)9-21-11-15-14(8-19-26(23,24)20(2)3)16-5-6-17(15,12-21)25-16/h7,10,14-16,19H,4-6,8-9,11-12H2,1-3H3/t14-,15+,16+,17+/m0/s1. The second kappa shape index (κ2) is 6.56. The van der Waals surface area contributed by atoms with Crippen LogP contribution in [-0.4, -0.2) is 72.8 Å². The molecular formula is C17H29N5O3S. The van der Waals surface area contributed by atoms with Gasteiger partial charge in [0.1, 0.15) is 0 Å². The van der Waals surface area contributed by atoms with Gasteiger partial charge in [0.15, 0.2) is 0 Å². The van der Waals surface area contributed by atoms with Crippen LogP contribution in [0.25, 0.3) is 0 Å². The van der Waals surface area contributed by atoms with Crippen LogP contribution >= 0.6 is 0 Å². The minimum absolute atomic E-state index is 0.0837. The van der Waals surface area contributed by atoms with Gasteiger partial charge in [-0.05, 0) is 19.8 Å². The lowest BCUT2D eigenvalue weighted by Gasteiger charge is -2.29. The number of hydrogen-bond acceptors (Lipinski definition) is 5. The summed E-state index contributed by atoms with van der Waals surface area (Å²) < 4.78 is 36.5. The summed E-state index contributed by atoms with van der Waals surface area (Å²) in [5.74, 6) is 0.647. The molecule has 0 unspecified atom stereocenters. The molecule has 1 aromatic rings. The number of nitrogens with zero attached hydrogens (tertiary/aromatic N) is 4. The highest BCUT2D eigenvalue weighted by atomic mass is 32.2. The molecule has 4 heterocycles. The van der Waals surface area contributed by atoms with Gasteiger partial charge < -0.3 is 4.74 Å². The first-order valence-corrected chi connectivity index (χ1v) is 10.9. The fourth-order valence-corrected chi connectivity index (χ4v) is 5.59. The van der Waals surface area contributed by atoms with Crippen molar-refractivity contribution in [2.45, 2.75) is 44.6 Å². The van der Waals surface area contributed by atoms with Gasteiger partial charge in [-0.2, -0.15) is 17.8 Å². The summed E-state index contributed by atoms with van der Waals surface area (Å²) in [5, 5.41) is 4.36. The van der Waals surface area contributed by atoms with Crippen LogP contribution < -0.4 is 4.72 Å². The van der Waals surface area contributed by atoms with Gasteiger partial charge in [-0.3, -0.25) is 9.58 Å². The highest BCUT2D eigenvalue weighted by molar-refractivity contribution is 7.87. The minimum Gasteiger partial charge on any atom is -0.370 e. The molecule has 4 rings (SSSR count). The Morgan fingerprint density at radius 3 is 2.96 bits per heavy atom. The Kier molecular flexibility index (Phi) is 4.63. The summed E-state index contributed by atoms with van der Waals surface area (Å²) in [7, 11) is -0.292. The van der Waals surface area contributed by atoms with Gasteiger partial charge in [-0.25, -0.2) is 4.72 Å². The number of ether oxygens (including phenoxy) is 1. The first kappa shape index (κ1) is 18.4. The lowest BCUT2D eigenvalue weighted by atomic mass is 9.74. The van der Waals surface area contributed by atoms with Gasteiger partial charge in [0, 0.05) is 70.4 Å². The molecule has 1 spiro atoms. The van der Waals surface area contributed by atoms with Crippen molar-refractivity contribution in [1.82, 2.24) is 23.7 Å². The van der Waals surface area contributed by atoms with E-state index in [1.54, 1.807) is 14.1 Å². The molecule has 26 heavy (non-hydrogen) atoms. The largest absolute Gasteiger partial charge is 0.370 e. The quantitative estimate of drug-likeness (QED) is 0.732. The van der Waals surface area contributed by atoms with E-state index in [9.17, 15) is 8.42 Å².